The van der Waals surface area contributed by atoms with Crippen molar-refractivity contribution in [1.82, 2.24) is 0 Å². The molecule has 1 aliphatic heterocycles. The Balaban J connectivity index is 2.32. The van der Waals surface area contributed by atoms with Crippen LogP contribution in [0.25, 0.3) is 0 Å². The van der Waals surface area contributed by atoms with Gasteiger partial charge in [-0.25, -0.2) is 0 Å². The number of carbonyl (C=O) groups is 2. The summed E-state index contributed by atoms with van der Waals surface area (Å²) in [4.78, 5) is 24.5. The fourth-order valence-electron chi connectivity index (χ4n) is 4.83. The molecule has 2 saturated carbocycles. The molecule has 3 fully saturated rings. The van der Waals surface area contributed by atoms with Gasteiger partial charge in [-0.1, -0.05) is 6.92 Å². The minimum Gasteiger partial charge on any atom is -0.465 e. The number of hydrogen-bond donors (Lipinski definition) is 3. The predicted molar refractivity (Wildman–Crippen MR) is 71.2 cm³/mol. The number of rotatable bonds is 0. The second-order valence-corrected chi connectivity index (χ2v) is 7.56. The fraction of sp³-hybridized carbons (Fsp3) is 0.867. The van der Waals surface area contributed by atoms with Crippen LogP contribution in [0, 0.1) is 10.8 Å². The fourth-order valence-corrected chi connectivity index (χ4v) is 4.83. The standard InChI is InChI=1S/C15H22O6/c1-11-8-21-10(17)7-14(6-9(16)13(11,3)19)12(2,18)4-5-15(11,14)20/h18-20H,4-8H2,1-3H3/t11-,12+,13+,14-,15+/m1/s1. The number of Topliss-reactive ketones (excluding diaryl/α,β-unsaturated/α-hetero) is 1. The third-order valence-electron chi connectivity index (χ3n) is 6.76. The Labute approximate surface area is 123 Å². The molecule has 0 unspecified atom stereocenters. The van der Waals surface area contributed by atoms with Gasteiger partial charge >= 0.3 is 5.97 Å². The van der Waals surface area contributed by atoms with Crippen LogP contribution in [0.2, 0.25) is 0 Å². The number of esters is 1. The van der Waals surface area contributed by atoms with Crippen molar-refractivity contribution in [2.75, 3.05) is 6.61 Å². The van der Waals surface area contributed by atoms with Crippen molar-refractivity contribution >= 4 is 11.8 Å². The monoisotopic (exact) mass is 298 g/mol. The van der Waals surface area contributed by atoms with Crippen LogP contribution in [-0.4, -0.2) is 50.5 Å². The van der Waals surface area contributed by atoms with Gasteiger partial charge in [-0.3, -0.25) is 9.59 Å². The zero-order valence-electron chi connectivity index (χ0n) is 12.6. The topological polar surface area (TPSA) is 104 Å². The van der Waals surface area contributed by atoms with Crippen molar-refractivity contribution in [2.24, 2.45) is 10.8 Å². The van der Waals surface area contributed by atoms with Crippen molar-refractivity contribution in [2.45, 2.75) is 63.3 Å². The maximum Gasteiger partial charge on any atom is 0.306 e. The second-order valence-electron chi connectivity index (χ2n) is 7.56. The minimum atomic E-state index is -1.81. The highest BCUT2D eigenvalue weighted by Gasteiger charge is 2.80. The summed E-state index contributed by atoms with van der Waals surface area (Å²) >= 11 is 0. The summed E-state index contributed by atoms with van der Waals surface area (Å²) in [6.45, 7) is 4.25. The third-order valence-corrected chi connectivity index (χ3v) is 6.76. The maximum atomic E-state index is 12.5. The number of ketones is 1. The molecule has 6 nitrogen and oxygen atoms in total. The largest absolute Gasteiger partial charge is 0.465 e. The summed E-state index contributed by atoms with van der Waals surface area (Å²) in [6, 6.07) is 0. The van der Waals surface area contributed by atoms with Crippen LogP contribution in [0.4, 0.5) is 0 Å². The number of carbonyl (C=O) groups excluding carboxylic acids is 2. The van der Waals surface area contributed by atoms with E-state index in [9.17, 15) is 24.9 Å². The molecule has 6 heteroatoms. The Morgan fingerprint density at radius 2 is 1.62 bits per heavy atom. The smallest absolute Gasteiger partial charge is 0.306 e. The molecule has 2 bridgehead atoms. The average Bonchev–Trinajstić information content (AvgIpc) is 2.52. The number of cyclic esters (lactones) is 1. The molecule has 3 N–H and O–H groups in total. The zero-order chi connectivity index (χ0) is 15.9. The summed E-state index contributed by atoms with van der Waals surface area (Å²) < 4.78 is 5.17. The van der Waals surface area contributed by atoms with E-state index in [0.717, 1.165) is 0 Å². The number of hydrogen-bond acceptors (Lipinski definition) is 6. The molecule has 5 atom stereocenters. The van der Waals surface area contributed by atoms with E-state index in [4.69, 9.17) is 4.74 Å². The molecule has 1 saturated heterocycles. The van der Waals surface area contributed by atoms with E-state index in [2.05, 4.69) is 0 Å². The molecule has 0 amide bonds. The predicted octanol–water partition coefficient (Wildman–Crippen LogP) is -0.0743. The molecule has 0 aromatic rings. The van der Waals surface area contributed by atoms with Gasteiger partial charge in [-0.05, 0) is 26.7 Å². The van der Waals surface area contributed by atoms with Crippen LogP contribution < -0.4 is 0 Å². The summed E-state index contributed by atoms with van der Waals surface area (Å²) in [5.74, 6) is -1.01. The lowest BCUT2D eigenvalue weighted by atomic mass is 9.45. The lowest BCUT2D eigenvalue weighted by Gasteiger charge is -2.61. The van der Waals surface area contributed by atoms with E-state index in [1.165, 1.54) is 6.92 Å². The molecule has 3 rings (SSSR count). The highest BCUT2D eigenvalue weighted by molar-refractivity contribution is 5.91. The molecule has 2 aliphatic carbocycles. The maximum absolute atomic E-state index is 12.5. The SMILES string of the molecule is C[C@@]12COC(=O)C[C@@]3(CC(=O)[C@]1(C)O)[C@]2(O)CC[C@]3(C)O. The van der Waals surface area contributed by atoms with Crippen LogP contribution in [0.15, 0.2) is 0 Å². The lowest BCUT2D eigenvalue weighted by molar-refractivity contribution is -0.265. The van der Waals surface area contributed by atoms with E-state index in [1.54, 1.807) is 13.8 Å². The third kappa shape index (κ3) is 1.34. The molecule has 0 radical (unpaired) electrons. The highest BCUT2D eigenvalue weighted by Crippen LogP contribution is 2.69. The first-order chi connectivity index (χ1) is 9.44. The molecule has 3 aliphatic rings. The van der Waals surface area contributed by atoms with Crippen molar-refractivity contribution in [3.05, 3.63) is 0 Å². The molecular formula is C15H22O6. The van der Waals surface area contributed by atoms with E-state index >= 15 is 0 Å². The number of aliphatic hydroxyl groups is 3. The van der Waals surface area contributed by atoms with Gasteiger partial charge in [0.25, 0.3) is 0 Å². The Morgan fingerprint density at radius 3 is 2.24 bits per heavy atom. The lowest BCUT2D eigenvalue weighted by Crippen LogP contribution is -2.75. The first-order valence-electron chi connectivity index (χ1n) is 7.30. The van der Waals surface area contributed by atoms with Gasteiger partial charge in [-0.2, -0.15) is 0 Å². The van der Waals surface area contributed by atoms with Gasteiger partial charge in [-0.15, -0.1) is 0 Å². The van der Waals surface area contributed by atoms with Crippen LogP contribution in [0.1, 0.15) is 46.5 Å². The van der Waals surface area contributed by atoms with Crippen LogP contribution >= 0.6 is 0 Å². The first kappa shape index (κ1) is 14.9. The second kappa shape index (κ2) is 3.67. The molecule has 0 aromatic carbocycles. The van der Waals surface area contributed by atoms with Crippen molar-refractivity contribution in [1.29, 1.82) is 0 Å². The first-order valence-corrected chi connectivity index (χ1v) is 7.30. The van der Waals surface area contributed by atoms with E-state index in [0.29, 0.717) is 0 Å². The van der Waals surface area contributed by atoms with E-state index < -0.39 is 39.4 Å². The highest BCUT2D eigenvalue weighted by atomic mass is 16.5. The van der Waals surface area contributed by atoms with Gasteiger partial charge in [0.2, 0.25) is 0 Å². The van der Waals surface area contributed by atoms with Crippen molar-refractivity contribution < 1.29 is 29.6 Å². The molecule has 0 spiro atoms. The van der Waals surface area contributed by atoms with Gasteiger partial charge < -0.3 is 20.1 Å². The minimum absolute atomic E-state index is 0.214. The van der Waals surface area contributed by atoms with Crippen LogP contribution in [0.3, 0.4) is 0 Å². The van der Waals surface area contributed by atoms with E-state index in [1.807, 2.05) is 0 Å². The van der Waals surface area contributed by atoms with Gasteiger partial charge in [0, 0.05) is 11.8 Å². The van der Waals surface area contributed by atoms with Gasteiger partial charge in [0.15, 0.2) is 5.78 Å². The Bertz CT molecular complexity index is 538. The summed E-state index contributed by atoms with van der Waals surface area (Å²) in [5, 5.41) is 32.9. The van der Waals surface area contributed by atoms with Crippen molar-refractivity contribution in [3.63, 3.8) is 0 Å². The summed E-state index contributed by atoms with van der Waals surface area (Å²) in [5.41, 5.74) is -7.36. The number of ether oxygens (including phenoxy) is 1. The average molecular weight is 298 g/mol. The zero-order valence-corrected chi connectivity index (χ0v) is 12.6. The normalized spacial score (nSPS) is 56.7. The molecular weight excluding hydrogens is 276 g/mol. The molecule has 21 heavy (non-hydrogen) atoms. The molecule has 118 valence electrons. The van der Waals surface area contributed by atoms with Crippen LogP contribution in [-0.2, 0) is 14.3 Å². The van der Waals surface area contributed by atoms with Gasteiger partial charge in [0.05, 0.1) is 23.0 Å². The summed E-state index contributed by atoms with van der Waals surface area (Å²) in [7, 11) is 0. The Hall–Kier alpha value is -0.980. The van der Waals surface area contributed by atoms with Gasteiger partial charge in [0.1, 0.15) is 12.2 Å². The van der Waals surface area contributed by atoms with E-state index in [-0.39, 0.29) is 32.3 Å². The summed E-state index contributed by atoms with van der Waals surface area (Å²) in [6.07, 6.45) is 0.0500. The Kier molecular flexibility index (Phi) is 2.61. The van der Waals surface area contributed by atoms with Crippen LogP contribution in [0.5, 0.6) is 0 Å². The quantitative estimate of drug-likeness (QED) is 0.541. The molecule has 1 heterocycles. The molecule has 0 aromatic heterocycles. The Morgan fingerprint density at radius 1 is 1.00 bits per heavy atom. The van der Waals surface area contributed by atoms with Crippen molar-refractivity contribution in [3.8, 4) is 0 Å².